The highest BCUT2D eigenvalue weighted by atomic mass is 32.2. The number of nitrogens with one attached hydrogen (secondary N) is 1. The van der Waals surface area contributed by atoms with Gasteiger partial charge in [0.15, 0.2) is 11.0 Å². The van der Waals surface area contributed by atoms with E-state index < -0.39 is 0 Å². The van der Waals surface area contributed by atoms with E-state index in [-0.39, 0.29) is 24.1 Å². The quantitative estimate of drug-likeness (QED) is 0.561. The number of thioether (sulfide) groups is 1. The first-order chi connectivity index (χ1) is 14.0. The van der Waals surface area contributed by atoms with Gasteiger partial charge in [-0.15, -0.1) is 10.2 Å². The lowest BCUT2D eigenvalue weighted by Crippen LogP contribution is -2.15. The molecule has 1 amide bonds. The molecule has 0 aliphatic carbocycles. The third-order valence-corrected chi connectivity index (χ3v) is 5.45. The van der Waals surface area contributed by atoms with Gasteiger partial charge in [0.2, 0.25) is 5.91 Å². The Morgan fingerprint density at radius 3 is 2.69 bits per heavy atom. The van der Waals surface area contributed by atoms with E-state index >= 15 is 0 Å². The third-order valence-electron chi connectivity index (χ3n) is 4.43. The molecule has 0 atom stereocenters. The molecule has 0 radical (unpaired) electrons. The lowest BCUT2D eigenvalue weighted by molar-refractivity contribution is -0.113. The zero-order chi connectivity index (χ0) is 20.8. The third kappa shape index (κ3) is 5.57. The smallest absolute Gasteiger partial charge is 0.234 e. The zero-order valence-corrected chi connectivity index (χ0v) is 17.4. The van der Waals surface area contributed by atoms with E-state index in [0.29, 0.717) is 16.7 Å². The fourth-order valence-electron chi connectivity index (χ4n) is 2.61. The van der Waals surface area contributed by atoms with Crippen LogP contribution in [0.4, 0.5) is 10.1 Å². The minimum Gasteiger partial charge on any atom is -0.486 e. The van der Waals surface area contributed by atoms with E-state index in [1.54, 1.807) is 10.6 Å². The molecule has 152 valence electrons. The Labute approximate surface area is 173 Å². The average Bonchev–Trinajstić information content (AvgIpc) is 3.07. The van der Waals surface area contributed by atoms with Crippen molar-refractivity contribution in [1.29, 1.82) is 0 Å². The molecule has 0 aliphatic heterocycles. The minimum atomic E-state index is -0.388. The maximum absolute atomic E-state index is 13.3. The van der Waals surface area contributed by atoms with Crippen molar-refractivity contribution in [2.45, 2.75) is 32.0 Å². The van der Waals surface area contributed by atoms with Crippen LogP contribution >= 0.6 is 11.8 Å². The van der Waals surface area contributed by atoms with Gasteiger partial charge in [-0.2, -0.15) is 0 Å². The first-order valence-electron chi connectivity index (χ1n) is 9.25. The van der Waals surface area contributed by atoms with Gasteiger partial charge in [0.1, 0.15) is 18.2 Å². The SMILES string of the molecule is CCc1ccc(OCc2nnc(SCC(=O)Nc3cc(F)ccc3C)n2C)cc1. The number of nitrogens with zero attached hydrogens (tertiary/aromatic N) is 3. The summed E-state index contributed by atoms with van der Waals surface area (Å²) in [5.41, 5.74) is 2.52. The van der Waals surface area contributed by atoms with E-state index in [9.17, 15) is 9.18 Å². The Hall–Kier alpha value is -2.87. The second kappa shape index (κ2) is 9.56. The molecule has 0 aliphatic rings. The van der Waals surface area contributed by atoms with Crippen LogP contribution in [0.15, 0.2) is 47.6 Å². The maximum Gasteiger partial charge on any atom is 0.234 e. The summed E-state index contributed by atoms with van der Waals surface area (Å²) in [5.74, 6) is 0.945. The standard InChI is InChI=1S/C21H23FN4O2S/c1-4-15-6-9-17(10-7-15)28-12-19-24-25-21(26(19)3)29-13-20(27)23-18-11-16(22)8-5-14(18)2/h5-11H,4,12-13H2,1-3H3,(H,23,27). The van der Waals surface area contributed by atoms with E-state index in [1.807, 2.05) is 38.2 Å². The van der Waals surface area contributed by atoms with Crippen molar-refractivity contribution in [2.75, 3.05) is 11.1 Å². The largest absolute Gasteiger partial charge is 0.486 e. The zero-order valence-electron chi connectivity index (χ0n) is 16.6. The van der Waals surface area contributed by atoms with Crippen molar-refractivity contribution in [3.8, 4) is 5.75 Å². The van der Waals surface area contributed by atoms with Crippen molar-refractivity contribution in [1.82, 2.24) is 14.8 Å². The van der Waals surface area contributed by atoms with Gasteiger partial charge < -0.3 is 14.6 Å². The van der Waals surface area contributed by atoms with Crippen LogP contribution in [0, 0.1) is 12.7 Å². The lowest BCUT2D eigenvalue weighted by atomic mass is 10.2. The molecular formula is C21H23FN4O2S. The van der Waals surface area contributed by atoms with Gasteiger partial charge in [0.25, 0.3) is 0 Å². The molecule has 3 rings (SSSR count). The Morgan fingerprint density at radius 1 is 1.21 bits per heavy atom. The fraction of sp³-hybridized carbons (Fsp3) is 0.286. The van der Waals surface area contributed by atoms with Gasteiger partial charge in [-0.1, -0.05) is 36.9 Å². The highest BCUT2D eigenvalue weighted by molar-refractivity contribution is 7.99. The van der Waals surface area contributed by atoms with E-state index in [4.69, 9.17) is 4.74 Å². The van der Waals surface area contributed by atoms with E-state index in [2.05, 4.69) is 22.4 Å². The van der Waals surface area contributed by atoms with Gasteiger partial charge in [-0.05, 0) is 48.7 Å². The molecule has 0 saturated carbocycles. The number of amides is 1. The molecule has 3 aromatic rings. The summed E-state index contributed by atoms with van der Waals surface area (Å²) in [6, 6.07) is 12.2. The summed E-state index contributed by atoms with van der Waals surface area (Å²) in [5, 5.41) is 11.6. The molecular weight excluding hydrogens is 391 g/mol. The summed E-state index contributed by atoms with van der Waals surface area (Å²) < 4.78 is 20.9. The number of ether oxygens (including phenoxy) is 1. The van der Waals surface area contributed by atoms with Crippen LogP contribution in [0.1, 0.15) is 23.9 Å². The highest BCUT2D eigenvalue weighted by Gasteiger charge is 2.13. The summed E-state index contributed by atoms with van der Waals surface area (Å²) in [6.07, 6.45) is 0.983. The number of carbonyl (C=O) groups excluding carboxylic acids is 1. The molecule has 1 aromatic heterocycles. The van der Waals surface area contributed by atoms with Gasteiger partial charge in [0.05, 0.1) is 5.75 Å². The molecule has 2 aromatic carbocycles. The number of aryl methyl sites for hydroxylation is 2. The van der Waals surface area contributed by atoms with Gasteiger partial charge in [-0.25, -0.2) is 4.39 Å². The van der Waals surface area contributed by atoms with Crippen molar-refractivity contribution < 1.29 is 13.9 Å². The Kier molecular flexibility index (Phi) is 6.87. The van der Waals surface area contributed by atoms with Crippen LogP contribution in [0.2, 0.25) is 0 Å². The van der Waals surface area contributed by atoms with Crippen LogP contribution in [-0.2, 0) is 24.9 Å². The van der Waals surface area contributed by atoms with Crippen LogP contribution in [0.3, 0.4) is 0 Å². The Bertz CT molecular complexity index is 989. The summed E-state index contributed by atoms with van der Waals surface area (Å²) in [7, 11) is 1.83. The van der Waals surface area contributed by atoms with Crippen molar-refractivity contribution >= 4 is 23.4 Å². The summed E-state index contributed by atoms with van der Waals surface area (Å²) in [4.78, 5) is 12.2. The van der Waals surface area contributed by atoms with Gasteiger partial charge >= 0.3 is 0 Å². The number of hydrogen-bond donors (Lipinski definition) is 1. The first-order valence-corrected chi connectivity index (χ1v) is 10.2. The predicted octanol–water partition coefficient (Wildman–Crippen LogP) is 4.13. The number of aromatic nitrogens is 3. The van der Waals surface area contributed by atoms with Crippen molar-refractivity contribution in [3.05, 3.63) is 65.2 Å². The maximum atomic E-state index is 13.3. The second-order valence-corrected chi connectivity index (χ2v) is 7.48. The first kappa shape index (κ1) is 20.9. The predicted molar refractivity (Wildman–Crippen MR) is 112 cm³/mol. The topological polar surface area (TPSA) is 69.0 Å². The van der Waals surface area contributed by atoms with Gasteiger partial charge in [0, 0.05) is 12.7 Å². The number of anilines is 1. The van der Waals surface area contributed by atoms with Crippen LogP contribution < -0.4 is 10.1 Å². The van der Waals surface area contributed by atoms with Crippen LogP contribution in [-0.4, -0.2) is 26.4 Å². The lowest BCUT2D eigenvalue weighted by Gasteiger charge is -2.09. The second-order valence-electron chi connectivity index (χ2n) is 6.54. The Morgan fingerprint density at radius 2 is 1.97 bits per heavy atom. The van der Waals surface area contributed by atoms with E-state index in [0.717, 1.165) is 17.7 Å². The molecule has 1 heterocycles. The average molecular weight is 415 g/mol. The number of hydrogen-bond acceptors (Lipinski definition) is 5. The molecule has 1 N–H and O–H groups in total. The Balaban J connectivity index is 1.53. The summed E-state index contributed by atoms with van der Waals surface area (Å²) >= 11 is 1.26. The molecule has 6 nitrogen and oxygen atoms in total. The minimum absolute atomic E-state index is 0.140. The van der Waals surface area contributed by atoms with Crippen molar-refractivity contribution in [2.24, 2.45) is 7.05 Å². The fourth-order valence-corrected chi connectivity index (χ4v) is 3.34. The molecule has 0 spiro atoms. The molecule has 0 saturated heterocycles. The molecule has 29 heavy (non-hydrogen) atoms. The van der Waals surface area contributed by atoms with Crippen LogP contribution in [0.25, 0.3) is 0 Å². The number of benzene rings is 2. The molecule has 0 fully saturated rings. The number of carbonyl (C=O) groups is 1. The molecule has 8 heteroatoms. The highest BCUT2D eigenvalue weighted by Crippen LogP contribution is 2.20. The van der Waals surface area contributed by atoms with E-state index in [1.165, 1.54) is 29.5 Å². The molecule has 0 unspecified atom stereocenters. The number of halogens is 1. The van der Waals surface area contributed by atoms with Crippen molar-refractivity contribution in [3.63, 3.8) is 0 Å². The van der Waals surface area contributed by atoms with Crippen LogP contribution in [0.5, 0.6) is 5.75 Å². The summed E-state index contributed by atoms with van der Waals surface area (Å²) in [6.45, 7) is 4.20. The monoisotopic (exact) mass is 414 g/mol. The normalized spacial score (nSPS) is 10.8. The van der Waals surface area contributed by atoms with Gasteiger partial charge in [-0.3, -0.25) is 4.79 Å². The molecule has 0 bridgehead atoms. The number of rotatable bonds is 8.